The van der Waals surface area contributed by atoms with Crippen molar-refractivity contribution in [3.63, 3.8) is 0 Å². The lowest BCUT2D eigenvalue weighted by Crippen LogP contribution is -2.15. The first kappa shape index (κ1) is 15.5. The van der Waals surface area contributed by atoms with Crippen LogP contribution in [0.25, 0.3) is 0 Å². The highest BCUT2D eigenvalue weighted by molar-refractivity contribution is 5.72. The molecule has 0 heterocycles. The van der Waals surface area contributed by atoms with E-state index in [1.165, 1.54) is 39.2 Å². The van der Waals surface area contributed by atoms with Gasteiger partial charge in [-0.05, 0) is 25.2 Å². The number of methoxy groups -OCH3 is 1. The molecule has 1 fully saturated rings. The molecule has 1 rings (SSSR count). The summed E-state index contributed by atoms with van der Waals surface area (Å²) in [7, 11) is 1.49. The maximum atomic E-state index is 11.3. The Morgan fingerprint density at radius 3 is 2.25 bits per heavy atom. The molecule has 96 valence electrons. The first-order valence-electron chi connectivity index (χ1n) is 6.77. The molecule has 0 amide bonds. The largest absolute Gasteiger partial charge is 0.469 e. The lowest BCUT2D eigenvalue weighted by atomic mass is 9.96. The normalized spacial score (nSPS) is 25.0. The number of ether oxygens (including phenoxy) is 1. The second-order valence-electron chi connectivity index (χ2n) is 4.71. The quantitative estimate of drug-likeness (QED) is 0.523. The van der Waals surface area contributed by atoms with Gasteiger partial charge in [0.1, 0.15) is 0 Å². The minimum absolute atomic E-state index is 0.00301. The number of carbonyl (C=O) groups excluding carboxylic acids is 1. The van der Waals surface area contributed by atoms with E-state index in [0.29, 0.717) is 0 Å². The minimum atomic E-state index is -0.00301. The van der Waals surface area contributed by atoms with E-state index in [4.69, 9.17) is 4.74 Å². The Balaban J connectivity index is 0.000000673. The van der Waals surface area contributed by atoms with Crippen LogP contribution >= 0.6 is 0 Å². The number of carbonyl (C=O) groups is 1. The van der Waals surface area contributed by atoms with Crippen LogP contribution in [0.15, 0.2) is 0 Å². The summed E-state index contributed by atoms with van der Waals surface area (Å²) in [6.45, 7) is 6.49. The SMILES string of the molecule is CCC.CC[C@H]1CCC[C@H](C(=O)OC)CC1. The smallest absolute Gasteiger partial charge is 0.308 e. The zero-order valence-corrected chi connectivity index (χ0v) is 11.4. The highest BCUT2D eigenvalue weighted by Crippen LogP contribution is 2.29. The average Bonchev–Trinajstić information content (AvgIpc) is 2.54. The molecule has 0 aliphatic heterocycles. The average molecular weight is 228 g/mol. The van der Waals surface area contributed by atoms with Crippen LogP contribution < -0.4 is 0 Å². The van der Waals surface area contributed by atoms with Gasteiger partial charge in [-0.2, -0.15) is 0 Å². The summed E-state index contributed by atoms with van der Waals surface area (Å²) in [6, 6.07) is 0. The minimum Gasteiger partial charge on any atom is -0.469 e. The van der Waals surface area contributed by atoms with Crippen molar-refractivity contribution < 1.29 is 9.53 Å². The van der Waals surface area contributed by atoms with Crippen LogP contribution in [0, 0.1) is 11.8 Å². The zero-order chi connectivity index (χ0) is 12.4. The van der Waals surface area contributed by atoms with E-state index in [1.54, 1.807) is 0 Å². The van der Waals surface area contributed by atoms with Crippen LogP contribution in [0.1, 0.15) is 65.7 Å². The Labute approximate surface area is 101 Å². The van der Waals surface area contributed by atoms with Crippen LogP contribution in [-0.2, 0) is 9.53 Å². The number of hydrogen-bond acceptors (Lipinski definition) is 2. The van der Waals surface area contributed by atoms with Crippen molar-refractivity contribution in [3.8, 4) is 0 Å². The van der Waals surface area contributed by atoms with Crippen LogP contribution in [0.2, 0.25) is 0 Å². The van der Waals surface area contributed by atoms with Gasteiger partial charge in [-0.25, -0.2) is 0 Å². The van der Waals surface area contributed by atoms with Gasteiger partial charge in [0.05, 0.1) is 13.0 Å². The van der Waals surface area contributed by atoms with Crippen molar-refractivity contribution in [2.24, 2.45) is 11.8 Å². The molecular formula is C14H28O2. The van der Waals surface area contributed by atoms with Crippen LogP contribution in [0.4, 0.5) is 0 Å². The fraction of sp³-hybridized carbons (Fsp3) is 0.929. The zero-order valence-electron chi connectivity index (χ0n) is 11.4. The molecule has 0 aromatic heterocycles. The standard InChI is InChI=1S/C11H20O2.C3H8/c1-3-9-5-4-6-10(8-7-9)11(12)13-2;1-3-2/h9-10H,3-8H2,1-2H3;3H2,1-2H3/t9-,10-;/m0./s1. The Bertz CT molecular complexity index is 178. The molecule has 0 radical (unpaired) electrons. The summed E-state index contributed by atoms with van der Waals surface area (Å²) in [5.74, 6) is 1.02. The van der Waals surface area contributed by atoms with Gasteiger partial charge in [-0.3, -0.25) is 4.79 Å². The van der Waals surface area contributed by atoms with Crippen molar-refractivity contribution in [1.29, 1.82) is 0 Å². The second kappa shape index (κ2) is 9.68. The summed E-state index contributed by atoms with van der Waals surface area (Å²) in [5.41, 5.74) is 0. The molecule has 2 heteroatoms. The third-order valence-electron chi connectivity index (χ3n) is 3.20. The Morgan fingerprint density at radius 2 is 1.75 bits per heavy atom. The van der Waals surface area contributed by atoms with Crippen LogP contribution in [0.3, 0.4) is 0 Å². The maximum Gasteiger partial charge on any atom is 0.308 e. The summed E-state index contributed by atoms with van der Waals surface area (Å²) in [5, 5.41) is 0. The molecule has 0 saturated heterocycles. The van der Waals surface area contributed by atoms with E-state index >= 15 is 0 Å². The molecule has 2 atom stereocenters. The Kier molecular flexibility index (Phi) is 9.36. The molecule has 16 heavy (non-hydrogen) atoms. The van der Waals surface area contributed by atoms with Gasteiger partial charge in [-0.1, -0.05) is 46.5 Å². The van der Waals surface area contributed by atoms with Gasteiger partial charge >= 0.3 is 5.97 Å². The first-order valence-corrected chi connectivity index (χ1v) is 6.77. The van der Waals surface area contributed by atoms with Crippen LogP contribution in [-0.4, -0.2) is 13.1 Å². The number of esters is 1. The van der Waals surface area contributed by atoms with Gasteiger partial charge < -0.3 is 4.74 Å². The van der Waals surface area contributed by atoms with Crippen molar-refractivity contribution in [2.75, 3.05) is 7.11 Å². The van der Waals surface area contributed by atoms with E-state index in [2.05, 4.69) is 20.8 Å². The number of rotatable bonds is 2. The summed E-state index contributed by atoms with van der Waals surface area (Å²) < 4.78 is 4.78. The van der Waals surface area contributed by atoms with E-state index in [-0.39, 0.29) is 11.9 Å². The first-order chi connectivity index (χ1) is 7.69. The molecule has 1 aliphatic rings. The highest BCUT2D eigenvalue weighted by Gasteiger charge is 2.23. The fourth-order valence-electron chi connectivity index (χ4n) is 2.19. The monoisotopic (exact) mass is 228 g/mol. The Hall–Kier alpha value is -0.530. The third-order valence-corrected chi connectivity index (χ3v) is 3.20. The molecule has 0 unspecified atom stereocenters. The highest BCUT2D eigenvalue weighted by atomic mass is 16.5. The molecule has 1 aliphatic carbocycles. The summed E-state index contributed by atoms with van der Waals surface area (Å²) in [4.78, 5) is 11.3. The van der Waals surface area contributed by atoms with Gasteiger partial charge in [0.2, 0.25) is 0 Å². The van der Waals surface area contributed by atoms with E-state index in [1.807, 2.05) is 0 Å². The number of hydrogen-bond donors (Lipinski definition) is 0. The molecule has 0 aromatic rings. The van der Waals surface area contributed by atoms with E-state index in [0.717, 1.165) is 18.8 Å². The van der Waals surface area contributed by atoms with E-state index in [9.17, 15) is 4.79 Å². The van der Waals surface area contributed by atoms with Gasteiger partial charge in [0, 0.05) is 0 Å². The van der Waals surface area contributed by atoms with Gasteiger partial charge in [-0.15, -0.1) is 0 Å². The lowest BCUT2D eigenvalue weighted by Gasteiger charge is -2.11. The molecule has 2 nitrogen and oxygen atoms in total. The van der Waals surface area contributed by atoms with Crippen molar-refractivity contribution >= 4 is 5.97 Å². The fourth-order valence-corrected chi connectivity index (χ4v) is 2.19. The van der Waals surface area contributed by atoms with E-state index < -0.39 is 0 Å². The lowest BCUT2D eigenvalue weighted by molar-refractivity contribution is -0.145. The third kappa shape index (κ3) is 6.14. The van der Waals surface area contributed by atoms with Gasteiger partial charge in [0.25, 0.3) is 0 Å². The molecule has 0 spiro atoms. The topological polar surface area (TPSA) is 26.3 Å². The van der Waals surface area contributed by atoms with Crippen LogP contribution in [0.5, 0.6) is 0 Å². The predicted molar refractivity (Wildman–Crippen MR) is 68.3 cm³/mol. The van der Waals surface area contributed by atoms with Crippen molar-refractivity contribution in [3.05, 3.63) is 0 Å². The predicted octanol–water partition coefficient (Wildman–Crippen LogP) is 4.18. The maximum absolute atomic E-state index is 11.3. The summed E-state index contributed by atoms with van der Waals surface area (Å²) in [6.07, 6.45) is 8.26. The molecular weight excluding hydrogens is 200 g/mol. The van der Waals surface area contributed by atoms with Gasteiger partial charge in [0.15, 0.2) is 0 Å². The summed E-state index contributed by atoms with van der Waals surface area (Å²) >= 11 is 0. The second-order valence-corrected chi connectivity index (χ2v) is 4.71. The molecule has 0 aromatic carbocycles. The Morgan fingerprint density at radius 1 is 1.12 bits per heavy atom. The molecule has 0 bridgehead atoms. The van der Waals surface area contributed by atoms with Crippen molar-refractivity contribution in [2.45, 2.75) is 65.7 Å². The molecule has 0 N–H and O–H groups in total. The molecule has 1 saturated carbocycles. The van der Waals surface area contributed by atoms with Crippen molar-refractivity contribution in [1.82, 2.24) is 0 Å².